The summed E-state index contributed by atoms with van der Waals surface area (Å²) in [6, 6.07) is 16.8. The summed E-state index contributed by atoms with van der Waals surface area (Å²) in [6.45, 7) is 1.83. The molecular weight excluding hydrogens is 352 g/mol. The van der Waals surface area contributed by atoms with Crippen LogP contribution in [0.1, 0.15) is 29.6 Å². The third-order valence-corrected chi connectivity index (χ3v) is 5.28. The lowest BCUT2D eigenvalue weighted by Crippen LogP contribution is -2.30. The van der Waals surface area contributed by atoms with Gasteiger partial charge < -0.3 is 10.6 Å². The van der Waals surface area contributed by atoms with Crippen LogP contribution in [0.4, 0.5) is 0 Å². The maximum Gasteiger partial charge on any atom is 0.251 e. The highest BCUT2D eigenvalue weighted by atomic mass is 35.5. The average molecular weight is 377 g/mol. The van der Waals surface area contributed by atoms with Gasteiger partial charge in [0.1, 0.15) is 0 Å². The minimum absolute atomic E-state index is 0. The summed E-state index contributed by atoms with van der Waals surface area (Å²) in [4.78, 5) is 13.6. The molecule has 1 heterocycles. The van der Waals surface area contributed by atoms with Gasteiger partial charge in [-0.1, -0.05) is 30.3 Å². The van der Waals surface area contributed by atoms with E-state index >= 15 is 0 Å². The van der Waals surface area contributed by atoms with Crippen LogP contribution in [0.2, 0.25) is 0 Å². The van der Waals surface area contributed by atoms with Crippen LogP contribution in [0.25, 0.3) is 11.1 Å². The van der Waals surface area contributed by atoms with Gasteiger partial charge in [-0.25, -0.2) is 0 Å². The average Bonchev–Trinajstić information content (AvgIpc) is 3.15. The predicted molar refractivity (Wildman–Crippen MR) is 109 cm³/mol. The lowest BCUT2D eigenvalue weighted by atomic mass is 10.0. The number of nitrogens with one attached hydrogen (secondary N) is 2. The summed E-state index contributed by atoms with van der Waals surface area (Å²) < 4.78 is 0. The number of halogens is 1. The van der Waals surface area contributed by atoms with Crippen LogP contribution in [-0.2, 0) is 0 Å². The van der Waals surface area contributed by atoms with E-state index in [-0.39, 0.29) is 18.3 Å². The fourth-order valence-corrected chi connectivity index (χ4v) is 3.80. The molecule has 0 spiro atoms. The van der Waals surface area contributed by atoms with E-state index in [0.717, 1.165) is 30.6 Å². The van der Waals surface area contributed by atoms with Crippen molar-refractivity contribution in [2.45, 2.75) is 30.2 Å². The van der Waals surface area contributed by atoms with Crippen LogP contribution in [0, 0.1) is 0 Å². The minimum atomic E-state index is 0. The van der Waals surface area contributed by atoms with Gasteiger partial charge in [-0.05, 0) is 61.4 Å². The fourth-order valence-electron chi connectivity index (χ4n) is 3.18. The molecule has 1 atom stereocenters. The summed E-state index contributed by atoms with van der Waals surface area (Å²) in [7, 11) is 0. The maximum absolute atomic E-state index is 12.4. The van der Waals surface area contributed by atoms with Crippen molar-refractivity contribution in [1.82, 2.24) is 10.6 Å². The first-order valence-corrected chi connectivity index (χ1v) is 9.75. The smallest absolute Gasteiger partial charge is 0.251 e. The Kier molecular flexibility index (Phi) is 7.82. The Bertz CT molecular complexity index is 702. The summed E-state index contributed by atoms with van der Waals surface area (Å²) in [5.41, 5.74) is 2.99. The van der Waals surface area contributed by atoms with Crippen molar-refractivity contribution in [3.63, 3.8) is 0 Å². The van der Waals surface area contributed by atoms with Crippen molar-refractivity contribution in [1.29, 1.82) is 0 Å². The van der Waals surface area contributed by atoms with E-state index in [4.69, 9.17) is 0 Å². The molecule has 0 bridgehead atoms. The molecular formula is C20H25ClN2OS. The first kappa shape index (κ1) is 19.8. The fraction of sp³-hybridized carbons (Fsp3) is 0.350. The Hall–Kier alpha value is -1.49. The van der Waals surface area contributed by atoms with Gasteiger partial charge in [-0.3, -0.25) is 4.79 Å². The van der Waals surface area contributed by atoms with Gasteiger partial charge in [-0.2, -0.15) is 0 Å². The molecule has 3 nitrogen and oxygen atoms in total. The zero-order valence-corrected chi connectivity index (χ0v) is 16.1. The molecule has 1 aliphatic heterocycles. The molecule has 0 radical (unpaired) electrons. The predicted octanol–water partition coefficient (Wildman–Crippen LogP) is 4.37. The molecule has 0 saturated carbocycles. The van der Waals surface area contributed by atoms with E-state index in [9.17, 15) is 4.79 Å². The van der Waals surface area contributed by atoms with Gasteiger partial charge in [0, 0.05) is 23.0 Å². The number of amides is 1. The Morgan fingerprint density at radius 2 is 2.08 bits per heavy atom. The largest absolute Gasteiger partial charge is 0.352 e. The lowest BCUT2D eigenvalue weighted by Gasteiger charge is -2.12. The lowest BCUT2D eigenvalue weighted by molar-refractivity contribution is 0.0952. The molecule has 5 heteroatoms. The van der Waals surface area contributed by atoms with E-state index in [1.807, 2.05) is 30.3 Å². The van der Waals surface area contributed by atoms with E-state index in [2.05, 4.69) is 35.1 Å². The number of benzene rings is 2. The van der Waals surface area contributed by atoms with Gasteiger partial charge in [-0.15, -0.1) is 24.2 Å². The first-order valence-electron chi connectivity index (χ1n) is 8.53. The number of carbonyl (C=O) groups excluding carboxylic acids is 1. The van der Waals surface area contributed by atoms with Gasteiger partial charge >= 0.3 is 0 Å². The molecule has 2 aromatic rings. The molecule has 0 aromatic heterocycles. The Labute approximate surface area is 160 Å². The first-order chi connectivity index (χ1) is 11.8. The third kappa shape index (κ3) is 5.24. The maximum atomic E-state index is 12.4. The number of rotatable bonds is 6. The topological polar surface area (TPSA) is 41.1 Å². The minimum Gasteiger partial charge on any atom is -0.352 e. The van der Waals surface area contributed by atoms with Crippen LogP contribution in [0.5, 0.6) is 0 Å². The number of carbonyl (C=O) groups is 1. The SMILES string of the molecule is CSc1ccccc1-c1cccc(C(=O)NCC[C@H]2CCCN2)c1.Cl. The molecule has 134 valence electrons. The molecule has 1 saturated heterocycles. The molecule has 25 heavy (non-hydrogen) atoms. The molecule has 3 rings (SSSR count). The Morgan fingerprint density at radius 1 is 1.24 bits per heavy atom. The molecule has 1 amide bonds. The van der Waals surface area contributed by atoms with Crippen LogP contribution in [0.3, 0.4) is 0 Å². The second-order valence-corrected chi connectivity index (χ2v) is 6.97. The van der Waals surface area contributed by atoms with E-state index in [1.54, 1.807) is 11.8 Å². The summed E-state index contributed by atoms with van der Waals surface area (Å²) >= 11 is 1.72. The zero-order chi connectivity index (χ0) is 16.8. The summed E-state index contributed by atoms with van der Waals surface area (Å²) in [5, 5.41) is 6.51. The van der Waals surface area contributed by atoms with Crippen LogP contribution >= 0.6 is 24.2 Å². The van der Waals surface area contributed by atoms with Gasteiger partial charge in [0.15, 0.2) is 0 Å². The molecule has 0 unspecified atom stereocenters. The summed E-state index contributed by atoms with van der Waals surface area (Å²) in [6.07, 6.45) is 5.54. The van der Waals surface area contributed by atoms with Crippen LogP contribution in [0.15, 0.2) is 53.4 Å². The number of hydrogen-bond donors (Lipinski definition) is 2. The van der Waals surface area contributed by atoms with Crippen molar-refractivity contribution in [3.05, 3.63) is 54.1 Å². The molecule has 0 aliphatic carbocycles. The number of hydrogen-bond acceptors (Lipinski definition) is 3. The van der Waals surface area contributed by atoms with Crippen LogP contribution < -0.4 is 10.6 Å². The standard InChI is InChI=1S/C20H24N2OS.ClH/c1-24-19-10-3-2-9-18(19)15-6-4-7-16(14-15)20(23)22-13-11-17-8-5-12-21-17;/h2-4,6-7,9-10,14,17,21H,5,8,11-13H2,1H3,(H,22,23);1H/t17-;/m1./s1. The van der Waals surface area contributed by atoms with Crippen LogP contribution in [-0.4, -0.2) is 31.3 Å². The second kappa shape index (κ2) is 9.85. The van der Waals surface area contributed by atoms with Crippen molar-refractivity contribution in [3.8, 4) is 11.1 Å². The van der Waals surface area contributed by atoms with Crippen molar-refractivity contribution in [2.24, 2.45) is 0 Å². The highest BCUT2D eigenvalue weighted by Crippen LogP contribution is 2.30. The monoisotopic (exact) mass is 376 g/mol. The van der Waals surface area contributed by atoms with Gasteiger partial charge in [0.25, 0.3) is 5.91 Å². The second-order valence-electron chi connectivity index (χ2n) is 6.12. The van der Waals surface area contributed by atoms with E-state index < -0.39 is 0 Å². The highest BCUT2D eigenvalue weighted by molar-refractivity contribution is 7.98. The molecule has 2 aromatic carbocycles. The number of thioether (sulfide) groups is 1. The highest BCUT2D eigenvalue weighted by Gasteiger charge is 2.14. The Morgan fingerprint density at radius 3 is 2.84 bits per heavy atom. The molecule has 2 N–H and O–H groups in total. The van der Waals surface area contributed by atoms with E-state index in [1.165, 1.54) is 23.3 Å². The van der Waals surface area contributed by atoms with E-state index in [0.29, 0.717) is 6.04 Å². The van der Waals surface area contributed by atoms with Crippen molar-refractivity contribution < 1.29 is 4.79 Å². The summed E-state index contributed by atoms with van der Waals surface area (Å²) in [5.74, 6) is 0.0106. The zero-order valence-electron chi connectivity index (χ0n) is 14.5. The Balaban J connectivity index is 0.00000225. The molecule has 1 aliphatic rings. The quantitative estimate of drug-likeness (QED) is 0.735. The molecule has 1 fully saturated rings. The van der Waals surface area contributed by atoms with Gasteiger partial charge in [0.05, 0.1) is 0 Å². The normalized spacial score (nSPS) is 16.3. The van der Waals surface area contributed by atoms with Crippen molar-refractivity contribution in [2.75, 3.05) is 19.3 Å². The van der Waals surface area contributed by atoms with Gasteiger partial charge in [0.2, 0.25) is 0 Å². The van der Waals surface area contributed by atoms with Crippen molar-refractivity contribution >= 4 is 30.1 Å². The third-order valence-electron chi connectivity index (χ3n) is 4.48.